The lowest BCUT2D eigenvalue weighted by Crippen LogP contribution is -2.50. The second-order valence-electron chi connectivity index (χ2n) is 9.23. The van der Waals surface area contributed by atoms with Gasteiger partial charge in [-0.1, -0.05) is 19.3 Å². The third kappa shape index (κ3) is 3.93. The number of nitrogens with one attached hydrogen (secondary N) is 1. The Labute approximate surface area is 183 Å². The quantitative estimate of drug-likeness (QED) is 0.685. The van der Waals surface area contributed by atoms with E-state index in [0.717, 1.165) is 61.3 Å². The first-order chi connectivity index (χ1) is 15.1. The molecule has 1 saturated carbocycles. The van der Waals surface area contributed by atoms with Crippen LogP contribution in [0.5, 0.6) is 0 Å². The number of aromatic amines is 1. The van der Waals surface area contributed by atoms with E-state index in [4.69, 9.17) is 0 Å². The van der Waals surface area contributed by atoms with Crippen LogP contribution in [0.3, 0.4) is 0 Å². The molecule has 5 rings (SSSR count). The molecule has 164 valence electrons. The lowest BCUT2D eigenvalue weighted by atomic mass is 9.88. The SMILES string of the molecule is CC(C)n1cc(-c2cc3c(N4CCN(C(=O)C5CCCCC5)CC4)ccnc3[nH]2)cn1. The molecular weight excluding hydrogens is 388 g/mol. The number of aromatic nitrogens is 4. The summed E-state index contributed by atoms with van der Waals surface area (Å²) >= 11 is 0. The van der Waals surface area contributed by atoms with Crippen LogP contribution >= 0.6 is 0 Å². The first-order valence-corrected chi connectivity index (χ1v) is 11.7. The van der Waals surface area contributed by atoms with Crippen molar-refractivity contribution in [2.45, 2.75) is 52.0 Å². The van der Waals surface area contributed by atoms with Crippen LogP contribution in [0.15, 0.2) is 30.7 Å². The van der Waals surface area contributed by atoms with Gasteiger partial charge in [0.15, 0.2) is 0 Å². The predicted molar refractivity (Wildman–Crippen MR) is 123 cm³/mol. The number of pyridine rings is 1. The monoisotopic (exact) mass is 420 g/mol. The summed E-state index contributed by atoms with van der Waals surface area (Å²) in [5, 5.41) is 5.59. The third-order valence-corrected chi connectivity index (χ3v) is 6.84. The van der Waals surface area contributed by atoms with Gasteiger partial charge in [0, 0.05) is 67.2 Å². The van der Waals surface area contributed by atoms with Gasteiger partial charge >= 0.3 is 0 Å². The Morgan fingerprint density at radius 2 is 1.90 bits per heavy atom. The van der Waals surface area contributed by atoms with Gasteiger partial charge in [0.25, 0.3) is 0 Å². The molecule has 0 unspecified atom stereocenters. The molecule has 1 aliphatic heterocycles. The van der Waals surface area contributed by atoms with Crippen molar-refractivity contribution in [2.75, 3.05) is 31.1 Å². The van der Waals surface area contributed by atoms with Crippen molar-refractivity contribution < 1.29 is 4.79 Å². The summed E-state index contributed by atoms with van der Waals surface area (Å²) in [6.07, 6.45) is 11.7. The number of rotatable bonds is 4. The lowest BCUT2D eigenvalue weighted by Gasteiger charge is -2.38. The van der Waals surface area contributed by atoms with E-state index in [9.17, 15) is 4.79 Å². The first-order valence-electron chi connectivity index (χ1n) is 11.7. The third-order valence-electron chi connectivity index (χ3n) is 6.84. The van der Waals surface area contributed by atoms with Gasteiger partial charge in [-0.05, 0) is 38.8 Å². The lowest BCUT2D eigenvalue weighted by molar-refractivity contribution is -0.136. The summed E-state index contributed by atoms with van der Waals surface area (Å²) in [5.74, 6) is 0.636. The highest BCUT2D eigenvalue weighted by Gasteiger charge is 2.29. The maximum Gasteiger partial charge on any atom is 0.225 e. The minimum absolute atomic E-state index is 0.256. The molecule has 7 nitrogen and oxygen atoms in total. The number of hydrogen-bond acceptors (Lipinski definition) is 4. The largest absolute Gasteiger partial charge is 0.367 e. The maximum atomic E-state index is 12.9. The number of carbonyl (C=O) groups is 1. The molecule has 0 bridgehead atoms. The van der Waals surface area contributed by atoms with E-state index in [1.54, 1.807) is 0 Å². The summed E-state index contributed by atoms with van der Waals surface area (Å²) < 4.78 is 1.97. The smallest absolute Gasteiger partial charge is 0.225 e. The normalized spacial score (nSPS) is 18.3. The number of H-pyrrole nitrogens is 1. The van der Waals surface area contributed by atoms with Crippen molar-refractivity contribution in [2.24, 2.45) is 5.92 Å². The summed E-state index contributed by atoms with van der Waals surface area (Å²) in [7, 11) is 0. The highest BCUT2D eigenvalue weighted by molar-refractivity contribution is 5.93. The van der Waals surface area contributed by atoms with Crippen LogP contribution in [-0.2, 0) is 4.79 Å². The van der Waals surface area contributed by atoms with Gasteiger partial charge in [-0.25, -0.2) is 4.98 Å². The van der Waals surface area contributed by atoms with E-state index < -0.39 is 0 Å². The van der Waals surface area contributed by atoms with Gasteiger partial charge in [-0.2, -0.15) is 5.10 Å². The number of piperazine rings is 1. The van der Waals surface area contributed by atoms with E-state index in [2.05, 4.69) is 57.0 Å². The molecule has 2 fully saturated rings. The summed E-state index contributed by atoms with van der Waals surface area (Å²) in [4.78, 5) is 25.4. The Kier molecular flexibility index (Phi) is 5.42. The van der Waals surface area contributed by atoms with Gasteiger partial charge in [-0.15, -0.1) is 0 Å². The van der Waals surface area contributed by atoms with E-state index >= 15 is 0 Å². The molecule has 2 aliphatic rings. The zero-order chi connectivity index (χ0) is 21.4. The molecule has 0 atom stereocenters. The van der Waals surface area contributed by atoms with Crippen molar-refractivity contribution in [3.05, 3.63) is 30.7 Å². The molecule has 1 aliphatic carbocycles. The number of amides is 1. The molecule has 1 N–H and O–H groups in total. The second-order valence-corrected chi connectivity index (χ2v) is 9.23. The highest BCUT2D eigenvalue weighted by atomic mass is 16.2. The zero-order valence-electron chi connectivity index (χ0n) is 18.5. The van der Waals surface area contributed by atoms with Crippen LogP contribution < -0.4 is 4.90 Å². The fourth-order valence-corrected chi connectivity index (χ4v) is 4.98. The average Bonchev–Trinajstić information content (AvgIpc) is 3.46. The first kappa shape index (κ1) is 20.1. The molecule has 31 heavy (non-hydrogen) atoms. The van der Waals surface area contributed by atoms with Crippen molar-refractivity contribution in [1.29, 1.82) is 0 Å². The van der Waals surface area contributed by atoms with Crippen molar-refractivity contribution in [1.82, 2.24) is 24.6 Å². The molecule has 0 radical (unpaired) electrons. The Balaban J connectivity index is 1.32. The van der Waals surface area contributed by atoms with Crippen LogP contribution in [-0.4, -0.2) is 56.7 Å². The number of anilines is 1. The Hall–Kier alpha value is -2.83. The standard InChI is InChI=1S/C24H32N6O/c1-17(2)30-16-19(15-26-30)21-14-20-22(8-9-25-23(20)27-21)28-10-12-29(13-11-28)24(31)18-6-4-3-5-7-18/h8-9,14-18H,3-7,10-13H2,1-2H3,(H,25,27). The molecule has 3 aromatic rings. The van der Waals surface area contributed by atoms with Crippen LogP contribution in [0.25, 0.3) is 22.3 Å². The van der Waals surface area contributed by atoms with Crippen LogP contribution in [0.1, 0.15) is 52.0 Å². The molecule has 7 heteroatoms. The predicted octanol–water partition coefficient (Wildman–Crippen LogP) is 4.24. The fourth-order valence-electron chi connectivity index (χ4n) is 4.98. The Morgan fingerprint density at radius 3 is 2.61 bits per heavy atom. The van der Waals surface area contributed by atoms with E-state index in [1.807, 2.05) is 17.1 Å². The van der Waals surface area contributed by atoms with Crippen LogP contribution in [0, 0.1) is 5.92 Å². The summed E-state index contributed by atoms with van der Waals surface area (Å²) in [6, 6.07) is 4.61. The Morgan fingerprint density at radius 1 is 1.13 bits per heavy atom. The van der Waals surface area contributed by atoms with Crippen molar-refractivity contribution >= 4 is 22.6 Å². The molecule has 4 heterocycles. The number of carbonyl (C=O) groups excluding carboxylic acids is 1. The van der Waals surface area contributed by atoms with Gasteiger partial charge in [0.05, 0.1) is 11.9 Å². The minimum Gasteiger partial charge on any atom is -0.367 e. The second kappa shape index (κ2) is 8.36. The van der Waals surface area contributed by atoms with Gasteiger partial charge in [0.1, 0.15) is 5.65 Å². The summed E-state index contributed by atoms with van der Waals surface area (Å²) in [5.41, 5.74) is 4.19. The van der Waals surface area contributed by atoms with Gasteiger partial charge < -0.3 is 14.8 Å². The molecule has 0 aromatic carbocycles. The average molecular weight is 421 g/mol. The van der Waals surface area contributed by atoms with E-state index in [0.29, 0.717) is 11.9 Å². The van der Waals surface area contributed by atoms with Crippen LogP contribution in [0.2, 0.25) is 0 Å². The van der Waals surface area contributed by atoms with E-state index in [-0.39, 0.29) is 5.92 Å². The molecular formula is C24H32N6O. The number of hydrogen-bond donors (Lipinski definition) is 1. The summed E-state index contributed by atoms with van der Waals surface area (Å²) in [6.45, 7) is 7.59. The number of fused-ring (bicyclic) bond motifs is 1. The molecule has 1 saturated heterocycles. The van der Waals surface area contributed by atoms with Gasteiger partial charge in [0.2, 0.25) is 5.91 Å². The highest BCUT2D eigenvalue weighted by Crippen LogP contribution is 2.31. The topological polar surface area (TPSA) is 70.1 Å². The van der Waals surface area contributed by atoms with Crippen molar-refractivity contribution in [3.63, 3.8) is 0 Å². The molecule has 3 aromatic heterocycles. The van der Waals surface area contributed by atoms with E-state index in [1.165, 1.54) is 24.9 Å². The molecule has 0 spiro atoms. The fraction of sp³-hybridized carbons (Fsp3) is 0.542. The van der Waals surface area contributed by atoms with Crippen LogP contribution in [0.4, 0.5) is 5.69 Å². The minimum atomic E-state index is 0.256. The maximum absolute atomic E-state index is 12.9. The number of nitrogens with zero attached hydrogens (tertiary/aromatic N) is 5. The Bertz CT molecular complexity index is 1050. The zero-order valence-corrected chi connectivity index (χ0v) is 18.5. The molecule has 1 amide bonds. The van der Waals surface area contributed by atoms with Gasteiger partial charge in [-0.3, -0.25) is 9.48 Å². The van der Waals surface area contributed by atoms with Crippen molar-refractivity contribution in [3.8, 4) is 11.3 Å².